The first-order valence-electron chi connectivity index (χ1n) is 9.90. The van der Waals surface area contributed by atoms with Crippen molar-refractivity contribution in [2.24, 2.45) is 5.41 Å². The van der Waals surface area contributed by atoms with E-state index >= 15 is 0 Å². The molecular weight excluding hydrogens is 358 g/mol. The van der Waals surface area contributed by atoms with E-state index in [1.807, 2.05) is 12.1 Å². The molecule has 3 rings (SSSR count). The Balaban J connectivity index is 1.69. The molecule has 3 amide bonds. The van der Waals surface area contributed by atoms with Crippen LogP contribution in [0.1, 0.15) is 51.8 Å². The van der Waals surface area contributed by atoms with Gasteiger partial charge in [0.2, 0.25) is 5.91 Å². The van der Waals surface area contributed by atoms with Gasteiger partial charge in [0, 0.05) is 17.5 Å². The third-order valence-corrected chi connectivity index (χ3v) is 4.67. The Bertz CT molecular complexity index is 866. The summed E-state index contributed by atoms with van der Waals surface area (Å²) in [5, 5.41) is 7.65. The third kappa shape index (κ3) is 4.64. The first kappa shape index (κ1) is 20.2. The van der Waals surface area contributed by atoms with Gasteiger partial charge in [-0.3, -0.25) is 10.1 Å². The van der Waals surface area contributed by atoms with Gasteiger partial charge in [0.15, 0.2) is 5.58 Å². The number of ether oxygens (including phenoxy) is 1. The Morgan fingerprint density at radius 2 is 2.07 bits per heavy atom. The van der Waals surface area contributed by atoms with E-state index in [0.717, 1.165) is 47.2 Å². The first-order valence-corrected chi connectivity index (χ1v) is 9.90. The number of fused-ring (bicyclic) bond motifs is 1. The number of carbonyl (C=O) groups excluding carboxylic acids is 2. The fraction of sp³-hybridized carbons (Fsp3) is 0.571. The van der Waals surface area contributed by atoms with Crippen molar-refractivity contribution in [3.05, 3.63) is 23.4 Å². The average Bonchev–Trinajstić information content (AvgIpc) is 3.14. The number of urea groups is 1. The van der Waals surface area contributed by atoms with Gasteiger partial charge in [-0.15, -0.1) is 0 Å². The molecule has 1 fully saturated rings. The van der Waals surface area contributed by atoms with E-state index < -0.39 is 0 Å². The van der Waals surface area contributed by atoms with Crippen LogP contribution in [-0.4, -0.2) is 41.7 Å². The number of benzene rings is 1. The van der Waals surface area contributed by atoms with E-state index in [9.17, 15) is 9.59 Å². The molecule has 1 saturated heterocycles. The van der Waals surface area contributed by atoms with Crippen LogP contribution in [0.4, 0.5) is 4.79 Å². The van der Waals surface area contributed by atoms with Gasteiger partial charge in [0.25, 0.3) is 0 Å². The lowest BCUT2D eigenvalue weighted by Gasteiger charge is -2.16. The number of nitrogens with zero attached hydrogens (tertiary/aromatic N) is 2. The minimum atomic E-state index is -0.328. The van der Waals surface area contributed by atoms with Gasteiger partial charge in [-0.2, -0.15) is 0 Å². The van der Waals surface area contributed by atoms with Crippen LogP contribution in [0.25, 0.3) is 11.0 Å². The van der Waals surface area contributed by atoms with Crippen molar-refractivity contribution >= 4 is 22.9 Å². The average molecular weight is 387 g/mol. The van der Waals surface area contributed by atoms with Crippen molar-refractivity contribution in [1.82, 2.24) is 15.4 Å². The molecule has 1 N–H and O–H groups in total. The molecule has 2 heterocycles. The maximum absolute atomic E-state index is 11.6. The van der Waals surface area contributed by atoms with Gasteiger partial charge in [0.1, 0.15) is 12.3 Å². The molecule has 0 aliphatic carbocycles. The van der Waals surface area contributed by atoms with E-state index in [1.165, 1.54) is 4.90 Å². The molecule has 1 aromatic heterocycles. The van der Waals surface area contributed by atoms with Crippen LogP contribution in [0.5, 0.6) is 5.75 Å². The van der Waals surface area contributed by atoms with E-state index in [4.69, 9.17) is 9.26 Å². The number of aryl methyl sites for hydroxylation is 1. The van der Waals surface area contributed by atoms with Gasteiger partial charge >= 0.3 is 6.03 Å². The van der Waals surface area contributed by atoms with Crippen LogP contribution >= 0.6 is 0 Å². The SMILES string of the molecule is CCCc1c(OCCCN2CC(=O)NC2=O)ccc2c(CC(C)(C)C)noc12. The minimum Gasteiger partial charge on any atom is -0.493 e. The molecule has 1 aliphatic heterocycles. The number of imide groups is 1. The molecule has 7 heteroatoms. The molecule has 0 atom stereocenters. The maximum Gasteiger partial charge on any atom is 0.324 e. The predicted molar refractivity (Wildman–Crippen MR) is 106 cm³/mol. The highest BCUT2D eigenvalue weighted by Gasteiger charge is 2.26. The van der Waals surface area contributed by atoms with Crippen LogP contribution in [-0.2, 0) is 17.6 Å². The van der Waals surface area contributed by atoms with Crippen molar-refractivity contribution in [3.63, 3.8) is 0 Å². The quantitative estimate of drug-likeness (QED) is 0.552. The molecule has 0 saturated carbocycles. The summed E-state index contributed by atoms with van der Waals surface area (Å²) in [4.78, 5) is 24.3. The molecular formula is C21H29N3O4. The highest BCUT2D eigenvalue weighted by atomic mass is 16.5. The summed E-state index contributed by atoms with van der Waals surface area (Å²) in [7, 11) is 0. The van der Waals surface area contributed by atoms with Gasteiger partial charge in [-0.05, 0) is 36.8 Å². The minimum absolute atomic E-state index is 0.125. The molecule has 28 heavy (non-hydrogen) atoms. The van der Waals surface area contributed by atoms with E-state index in [0.29, 0.717) is 19.6 Å². The zero-order chi connectivity index (χ0) is 20.3. The summed E-state index contributed by atoms with van der Waals surface area (Å²) in [5.41, 5.74) is 2.97. The fourth-order valence-electron chi connectivity index (χ4n) is 3.44. The Hall–Kier alpha value is -2.57. The van der Waals surface area contributed by atoms with Crippen molar-refractivity contribution in [3.8, 4) is 5.75 Å². The lowest BCUT2D eigenvalue weighted by atomic mass is 9.89. The zero-order valence-electron chi connectivity index (χ0n) is 17.1. The lowest BCUT2D eigenvalue weighted by Crippen LogP contribution is -2.29. The maximum atomic E-state index is 11.6. The third-order valence-electron chi connectivity index (χ3n) is 4.67. The Morgan fingerprint density at radius 3 is 2.71 bits per heavy atom. The van der Waals surface area contributed by atoms with Crippen LogP contribution in [0.15, 0.2) is 16.7 Å². The van der Waals surface area contributed by atoms with E-state index in [2.05, 4.69) is 38.2 Å². The standard InChI is InChI=1S/C21H29N3O4/c1-5-7-15-17(27-11-6-10-24-13-18(25)22-20(24)26)9-8-14-16(12-21(2,3)4)23-28-19(14)15/h8-9H,5-7,10-13H2,1-4H3,(H,22,25,26). The number of hydrogen-bond acceptors (Lipinski definition) is 5. The molecule has 0 spiro atoms. The highest BCUT2D eigenvalue weighted by molar-refractivity contribution is 6.01. The molecule has 7 nitrogen and oxygen atoms in total. The number of carbonyl (C=O) groups is 2. The van der Waals surface area contributed by atoms with Crippen LogP contribution in [0.2, 0.25) is 0 Å². The fourth-order valence-corrected chi connectivity index (χ4v) is 3.44. The molecule has 1 aromatic carbocycles. The Labute approximate surface area is 165 Å². The monoisotopic (exact) mass is 387 g/mol. The second kappa shape index (κ2) is 8.20. The summed E-state index contributed by atoms with van der Waals surface area (Å²) >= 11 is 0. The Kier molecular flexibility index (Phi) is 5.91. The second-order valence-corrected chi connectivity index (χ2v) is 8.51. The summed E-state index contributed by atoms with van der Waals surface area (Å²) < 4.78 is 11.7. The van der Waals surface area contributed by atoms with Crippen molar-refractivity contribution in [2.75, 3.05) is 19.7 Å². The summed E-state index contributed by atoms with van der Waals surface area (Å²) in [6, 6.07) is 3.68. The first-order chi connectivity index (χ1) is 13.3. The zero-order valence-corrected chi connectivity index (χ0v) is 17.1. The van der Waals surface area contributed by atoms with Crippen molar-refractivity contribution in [2.45, 2.75) is 53.4 Å². The normalized spacial score (nSPS) is 14.8. The topological polar surface area (TPSA) is 84.7 Å². The number of aromatic nitrogens is 1. The van der Waals surface area contributed by atoms with E-state index in [-0.39, 0.29) is 23.9 Å². The number of amides is 3. The number of hydrogen-bond donors (Lipinski definition) is 1. The van der Waals surface area contributed by atoms with Gasteiger partial charge in [-0.25, -0.2) is 4.79 Å². The molecule has 0 unspecified atom stereocenters. The van der Waals surface area contributed by atoms with Gasteiger partial charge in [-0.1, -0.05) is 39.3 Å². The van der Waals surface area contributed by atoms with Crippen molar-refractivity contribution < 1.29 is 18.8 Å². The highest BCUT2D eigenvalue weighted by Crippen LogP contribution is 2.33. The lowest BCUT2D eigenvalue weighted by molar-refractivity contribution is -0.118. The van der Waals surface area contributed by atoms with Gasteiger partial charge in [0.05, 0.1) is 12.3 Å². The molecule has 0 bridgehead atoms. The summed E-state index contributed by atoms with van der Waals surface area (Å²) in [6.07, 6.45) is 3.32. The van der Waals surface area contributed by atoms with Crippen molar-refractivity contribution in [1.29, 1.82) is 0 Å². The van der Waals surface area contributed by atoms with Crippen LogP contribution < -0.4 is 10.1 Å². The second-order valence-electron chi connectivity index (χ2n) is 8.51. The van der Waals surface area contributed by atoms with Gasteiger partial charge < -0.3 is 14.2 Å². The molecule has 152 valence electrons. The molecule has 1 aliphatic rings. The number of nitrogens with one attached hydrogen (secondary N) is 1. The largest absolute Gasteiger partial charge is 0.493 e. The summed E-state index contributed by atoms with van der Waals surface area (Å²) in [6.45, 7) is 9.76. The summed E-state index contributed by atoms with van der Waals surface area (Å²) in [5.74, 6) is 0.549. The van der Waals surface area contributed by atoms with Crippen LogP contribution in [0, 0.1) is 5.41 Å². The Morgan fingerprint density at radius 1 is 1.29 bits per heavy atom. The van der Waals surface area contributed by atoms with Crippen LogP contribution in [0.3, 0.4) is 0 Å². The van der Waals surface area contributed by atoms with E-state index in [1.54, 1.807) is 0 Å². The number of rotatable bonds is 8. The smallest absolute Gasteiger partial charge is 0.324 e. The predicted octanol–water partition coefficient (Wildman–Crippen LogP) is 3.69. The molecule has 2 aromatic rings. The molecule has 0 radical (unpaired) electrons.